The van der Waals surface area contributed by atoms with Gasteiger partial charge in [-0.3, -0.25) is 9.69 Å². The van der Waals surface area contributed by atoms with Gasteiger partial charge >= 0.3 is 5.97 Å². The molecule has 2 heterocycles. The molecule has 0 radical (unpaired) electrons. The van der Waals surface area contributed by atoms with Crippen molar-refractivity contribution in [2.24, 2.45) is 5.73 Å². The Morgan fingerprint density at radius 1 is 1.36 bits per heavy atom. The molecule has 118 valence electrons. The van der Waals surface area contributed by atoms with Crippen LogP contribution in [0.1, 0.15) is 30.0 Å². The van der Waals surface area contributed by atoms with Crippen molar-refractivity contribution in [1.29, 1.82) is 0 Å². The summed E-state index contributed by atoms with van der Waals surface area (Å²) in [5.74, 6) is -0.947. The van der Waals surface area contributed by atoms with Crippen LogP contribution in [0.5, 0.6) is 0 Å². The number of carbonyl (C=O) groups is 1. The number of fused-ring (bicyclic) bond motifs is 2. The van der Waals surface area contributed by atoms with Crippen LogP contribution in [0.2, 0.25) is 0 Å². The summed E-state index contributed by atoms with van der Waals surface area (Å²) in [5, 5.41) is 10.2. The Balaban J connectivity index is 2.08. The van der Waals surface area contributed by atoms with Crippen molar-refractivity contribution in [2.75, 3.05) is 7.05 Å². The van der Waals surface area contributed by atoms with Gasteiger partial charge in [0.2, 0.25) is 0 Å². The molecule has 1 aliphatic heterocycles. The highest BCUT2D eigenvalue weighted by Gasteiger charge is 2.21. The molecule has 1 unspecified atom stereocenters. The number of hydrogen-bond acceptors (Lipinski definition) is 3. The van der Waals surface area contributed by atoms with Crippen LogP contribution in [-0.2, 0) is 30.8 Å². The smallest absolute Gasteiger partial charge is 0.320 e. The molecule has 1 aromatic heterocycles. The van der Waals surface area contributed by atoms with Crippen molar-refractivity contribution in [1.82, 2.24) is 9.47 Å². The number of aromatic nitrogens is 1. The van der Waals surface area contributed by atoms with Crippen LogP contribution in [0.25, 0.3) is 10.9 Å². The van der Waals surface area contributed by atoms with Crippen LogP contribution in [0, 0.1) is 0 Å². The van der Waals surface area contributed by atoms with E-state index in [2.05, 4.69) is 41.8 Å². The van der Waals surface area contributed by atoms with Gasteiger partial charge < -0.3 is 15.4 Å². The van der Waals surface area contributed by atoms with Gasteiger partial charge in [0, 0.05) is 43.2 Å². The minimum atomic E-state index is -0.947. The van der Waals surface area contributed by atoms with Gasteiger partial charge in [-0.1, -0.05) is 6.92 Å². The molecule has 0 bridgehead atoms. The lowest BCUT2D eigenvalue weighted by atomic mass is 10.0. The highest BCUT2D eigenvalue weighted by molar-refractivity contribution is 5.87. The fourth-order valence-electron chi connectivity index (χ4n) is 3.34. The number of carboxylic acid groups (broad SMARTS) is 1. The van der Waals surface area contributed by atoms with Gasteiger partial charge in [-0.2, -0.15) is 0 Å². The quantitative estimate of drug-likeness (QED) is 0.885. The Bertz CT molecular complexity index is 720. The molecule has 2 aromatic rings. The Morgan fingerprint density at radius 2 is 2.05 bits per heavy atom. The molecule has 1 aromatic carbocycles. The Kier molecular flexibility index (Phi) is 3.93. The van der Waals surface area contributed by atoms with E-state index < -0.39 is 12.0 Å². The molecule has 1 aliphatic rings. The van der Waals surface area contributed by atoms with Crippen LogP contribution >= 0.6 is 0 Å². The molecule has 0 aliphatic carbocycles. The van der Waals surface area contributed by atoms with Gasteiger partial charge in [0.05, 0.1) is 0 Å². The first-order valence-corrected chi connectivity index (χ1v) is 7.80. The maximum absolute atomic E-state index is 11.1. The zero-order chi connectivity index (χ0) is 15.9. The predicted octanol–water partition coefficient (Wildman–Crippen LogP) is 1.95. The summed E-state index contributed by atoms with van der Waals surface area (Å²) < 4.78 is 2.23. The third kappa shape index (κ3) is 2.62. The fraction of sp³-hybridized carbons (Fsp3) is 0.471. The third-order valence-electron chi connectivity index (χ3n) is 4.39. The second kappa shape index (κ2) is 5.74. The minimum Gasteiger partial charge on any atom is -0.480 e. The number of hydrogen-bond donors (Lipinski definition) is 2. The van der Waals surface area contributed by atoms with Crippen molar-refractivity contribution in [2.45, 2.75) is 45.4 Å². The maximum atomic E-state index is 11.1. The van der Waals surface area contributed by atoms with Gasteiger partial charge in [-0.15, -0.1) is 0 Å². The first-order chi connectivity index (χ1) is 10.5. The highest BCUT2D eigenvalue weighted by Crippen LogP contribution is 2.31. The van der Waals surface area contributed by atoms with Crippen LogP contribution in [0.4, 0.5) is 0 Å². The molecule has 5 heteroatoms. The lowest BCUT2D eigenvalue weighted by Crippen LogP contribution is -2.32. The summed E-state index contributed by atoms with van der Waals surface area (Å²) in [4.78, 5) is 13.4. The minimum absolute atomic E-state index is 0.372. The van der Waals surface area contributed by atoms with Crippen molar-refractivity contribution < 1.29 is 9.90 Å². The molecule has 3 rings (SSSR count). The molecule has 0 amide bonds. The van der Waals surface area contributed by atoms with E-state index in [-0.39, 0.29) is 0 Å². The number of carboxylic acids is 1. The Hall–Kier alpha value is -1.85. The van der Waals surface area contributed by atoms with E-state index in [4.69, 9.17) is 10.8 Å². The van der Waals surface area contributed by atoms with Gasteiger partial charge in [-0.25, -0.2) is 0 Å². The van der Waals surface area contributed by atoms with E-state index in [0.29, 0.717) is 6.42 Å². The molecule has 0 fully saturated rings. The lowest BCUT2D eigenvalue weighted by Gasteiger charge is -2.06. The number of aryl methyl sites for hydroxylation is 1. The largest absolute Gasteiger partial charge is 0.480 e. The number of rotatable bonds is 5. The van der Waals surface area contributed by atoms with Crippen LogP contribution in [0.15, 0.2) is 18.3 Å². The summed E-state index contributed by atoms with van der Waals surface area (Å²) in [6, 6.07) is 3.64. The maximum Gasteiger partial charge on any atom is 0.320 e. The number of nitrogens with zero attached hydrogens (tertiary/aromatic N) is 2. The van der Waals surface area contributed by atoms with E-state index in [1.807, 2.05) is 0 Å². The predicted molar refractivity (Wildman–Crippen MR) is 86.7 cm³/mol. The average molecular weight is 301 g/mol. The molecule has 0 spiro atoms. The van der Waals surface area contributed by atoms with E-state index in [9.17, 15) is 4.79 Å². The Labute approximate surface area is 130 Å². The van der Waals surface area contributed by atoms with E-state index in [0.717, 1.165) is 37.0 Å². The van der Waals surface area contributed by atoms with Gasteiger partial charge in [-0.05, 0) is 42.3 Å². The zero-order valence-corrected chi connectivity index (χ0v) is 13.2. The SMILES string of the molecule is CCCn1cc(CC(N)C(=O)O)c2cc3c(cc21)CN(C)C3. The van der Waals surface area contributed by atoms with Crippen LogP contribution in [0.3, 0.4) is 0 Å². The lowest BCUT2D eigenvalue weighted by molar-refractivity contribution is -0.138. The van der Waals surface area contributed by atoms with Crippen LogP contribution < -0.4 is 5.73 Å². The summed E-state index contributed by atoms with van der Waals surface area (Å²) in [6.07, 6.45) is 3.50. The second-order valence-electron chi connectivity index (χ2n) is 6.31. The molecular weight excluding hydrogens is 278 g/mol. The normalized spacial score (nSPS) is 16.1. The fourth-order valence-corrected chi connectivity index (χ4v) is 3.34. The zero-order valence-electron chi connectivity index (χ0n) is 13.2. The number of nitrogens with two attached hydrogens (primary N) is 1. The van der Waals surface area contributed by atoms with Crippen LogP contribution in [-0.4, -0.2) is 33.6 Å². The topological polar surface area (TPSA) is 71.5 Å². The first kappa shape index (κ1) is 15.1. The van der Waals surface area contributed by atoms with Crippen molar-refractivity contribution in [3.05, 3.63) is 35.0 Å². The van der Waals surface area contributed by atoms with E-state index in [1.165, 1.54) is 16.6 Å². The second-order valence-corrected chi connectivity index (χ2v) is 6.31. The molecule has 22 heavy (non-hydrogen) atoms. The van der Waals surface area contributed by atoms with Crippen molar-refractivity contribution >= 4 is 16.9 Å². The summed E-state index contributed by atoms with van der Waals surface area (Å²) in [5.41, 5.74) is 10.7. The molecule has 5 nitrogen and oxygen atoms in total. The van der Waals surface area contributed by atoms with E-state index in [1.54, 1.807) is 0 Å². The average Bonchev–Trinajstić information content (AvgIpc) is 2.97. The molecule has 0 saturated heterocycles. The number of benzene rings is 1. The van der Waals surface area contributed by atoms with Crippen molar-refractivity contribution in [3.63, 3.8) is 0 Å². The van der Waals surface area contributed by atoms with Gasteiger partial charge in [0.15, 0.2) is 0 Å². The summed E-state index contributed by atoms with van der Waals surface area (Å²) in [7, 11) is 2.12. The molecule has 3 N–H and O–H groups in total. The van der Waals surface area contributed by atoms with Gasteiger partial charge in [0.25, 0.3) is 0 Å². The molecule has 0 saturated carbocycles. The summed E-state index contributed by atoms with van der Waals surface area (Å²) in [6.45, 7) is 5.02. The molecular formula is C17H23N3O2. The monoisotopic (exact) mass is 301 g/mol. The standard InChI is InChI=1S/C17H23N3O2/c1-3-4-20-10-13(6-15(18)17(21)22)14-5-11-8-19(2)9-12(11)7-16(14)20/h5,7,10,15H,3-4,6,8-9,18H2,1-2H3,(H,21,22). The van der Waals surface area contributed by atoms with Gasteiger partial charge in [0.1, 0.15) is 6.04 Å². The Morgan fingerprint density at radius 3 is 2.68 bits per heavy atom. The van der Waals surface area contributed by atoms with Crippen molar-refractivity contribution in [3.8, 4) is 0 Å². The number of aliphatic carboxylic acids is 1. The molecule has 1 atom stereocenters. The van der Waals surface area contributed by atoms with E-state index >= 15 is 0 Å². The highest BCUT2D eigenvalue weighted by atomic mass is 16.4. The summed E-state index contributed by atoms with van der Waals surface area (Å²) >= 11 is 0. The first-order valence-electron chi connectivity index (χ1n) is 7.80. The third-order valence-corrected chi connectivity index (χ3v) is 4.39.